The molecule has 2 heterocycles. The van der Waals surface area contributed by atoms with E-state index in [4.69, 9.17) is 18.6 Å². The molecule has 1 fully saturated rings. The summed E-state index contributed by atoms with van der Waals surface area (Å²) in [5.74, 6) is 0.293. The van der Waals surface area contributed by atoms with Gasteiger partial charge in [-0.05, 0) is 37.5 Å². The van der Waals surface area contributed by atoms with Crippen molar-refractivity contribution in [3.63, 3.8) is 0 Å². The van der Waals surface area contributed by atoms with E-state index in [1.165, 1.54) is 7.11 Å². The molecule has 0 N–H and O–H groups in total. The van der Waals surface area contributed by atoms with Crippen LogP contribution < -0.4 is 0 Å². The van der Waals surface area contributed by atoms with Crippen molar-refractivity contribution < 1.29 is 23.4 Å². The van der Waals surface area contributed by atoms with Gasteiger partial charge in [0.15, 0.2) is 6.29 Å². The van der Waals surface area contributed by atoms with E-state index in [9.17, 15) is 4.79 Å². The predicted octanol–water partition coefficient (Wildman–Crippen LogP) is 2.57. The number of benzene rings is 1. The number of esters is 1. The van der Waals surface area contributed by atoms with Gasteiger partial charge in [0.2, 0.25) is 11.8 Å². The summed E-state index contributed by atoms with van der Waals surface area (Å²) in [7, 11) is 1.34. The van der Waals surface area contributed by atoms with Crippen LogP contribution in [0.5, 0.6) is 0 Å². The SMILES string of the molecule is COC(=O)c1cccc(-c2nnc(COC3CCCCO3)o2)c1. The van der Waals surface area contributed by atoms with Crippen molar-refractivity contribution in [2.24, 2.45) is 0 Å². The minimum atomic E-state index is -0.413. The molecular weight excluding hydrogens is 300 g/mol. The lowest BCUT2D eigenvalue weighted by atomic mass is 10.1. The van der Waals surface area contributed by atoms with Gasteiger partial charge in [-0.2, -0.15) is 0 Å². The smallest absolute Gasteiger partial charge is 0.337 e. The second kappa shape index (κ2) is 7.34. The average Bonchev–Trinajstić information content (AvgIpc) is 3.09. The monoisotopic (exact) mass is 318 g/mol. The van der Waals surface area contributed by atoms with Gasteiger partial charge >= 0.3 is 5.97 Å². The normalized spacial score (nSPS) is 17.9. The molecule has 0 radical (unpaired) electrons. The van der Waals surface area contributed by atoms with E-state index in [1.807, 2.05) is 0 Å². The summed E-state index contributed by atoms with van der Waals surface area (Å²) in [6, 6.07) is 6.83. The highest BCUT2D eigenvalue weighted by molar-refractivity contribution is 5.90. The molecule has 1 aliphatic rings. The van der Waals surface area contributed by atoms with Gasteiger partial charge in [0, 0.05) is 12.2 Å². The Hall–Kier alpha value is -2.25. The lowest BCUT2D eigenvalue weighted by molar-refractivity contribution is -0.172. The molecule has 2 aromatic rings. The van der Waals surface area contributed by atoms with E-state index >= 15 is 0 Å². The van der Waals surface area contributed by atoms with Crippen LogP contribution in [0.4, 0.5) is 0 Å². The standard InChI is InChI=1S/C16H18N2O5/c1-20-16(19)12-6-4-5-11(9-12)15-18-17-13(23-15)10-22-14-7-2-3-8-21-14/h4-6,9,14H,2-3,7-8,10H2,1H3. The van der Waals surface area contributed by atoms with Gasteiger partial charge in [-0.3, -0.25) is 0 Å². The lowest BCUT2D eigenvalue weighted by Crippen LogP contribution is -2.22. The lowest BCUT2D eigenvalue weighted by Gasteiger charge is -2.21. The van der Waals surface area contributed by atoms with Crippen molar-refractivity contribution >= 4 is 5.97 Å². The number of rotatable bonds is 5. The fourth-order valence-corrected chi connectivity index (χ4v) is 2.33. The zero-order valence-corrected chi connectivity index (χ0v) is 12.9. The van der Waals surface area contributed by atoms with Crippen molar-refractivity contribution in [3.8, 4) is 11.5 Å². The van der Waals surface area contributed by atoms with Gasteiger partial charge < -0.3 is 18.6 Å². The topological polar surface area (TPSA) is 83.7 Å². The fraction of sp³-hybridized carbons (Fsp3) is 0.438. The summed E-state index contributed by atoms with van der Waals surface area (Å²) >= 11 is 0. The highest BCUT2D eigenvalue weighted by Gasteiger charge is 2.16. The Morgan fingerprint density at radius 2 is 2.26 bits per heavy atom. The quantitative estimate of drug-likeness (QED) is 0.783. The van der Waals surface area contributed by atoms with Crippen LogP contribution in [-0.4, -0.2) is 36.2 Å². The molecule has 122 valence electrons. The first-order valence-electron chi connectivity index (χ1n) is 7.50. The predicted molar refractivity (Wildman–Crippen MR) is 79.5 cm³/mol. The van der Waals surface area contributed by atoms with E-state index in [0.29, 0.717) is 22.9 Å². The van der Waals surface area contributed by atoms with Crippen molar-refractivity contribution in [3.05, 3.63) is 35.7 Å². The van der Waals surface area contributed by atoms with Gasteiger partial charge in [0.25, 0.3) is 0 Å². The van der Waals surface area contributed by atoms with Crippen LogP contribution in [0.1, 0.15) is 35.5 Å². The fourth-order valence-electron chi connectivity index (χ4n) is 2.33. The zero-order valence-electron chi connectivity index (χ0n) is 12.9. The Balaban J connectivity index is 1.65. The number of carbonyl (C=O) groups is 1. The molecule has 1 unspecified atom stereocenters. The summed E-state index contributed by atoms with van der Waals surface area (Å²) in [5.41, 5.74) is 1.08. The molecule has 1 atom stereocenters. The van der Waals surface area contributed by atoms with E-state index in [2.05, 4.69) is 10.2 Å². The van der Waals surface area contributed by atoms with Gasteiger partial charge in [-0.1, -0.05) is 6.07 Å². The van der Waals surface area contributed by atoms with Crippen molar-refractivity contribution in [1.29, 1.82) is 0 Å². The molecule has 7 nitrogen and oxygen atoms in total. The molecular formula is C16H18N2O5. The number of hydrogen-bond acceptors (Lipinski definition) is 7. The van der Waals surface area contributed by atoms with E-state index in [0.717, 1.165) is 25.9 Å². The first-order chi connectivity index (χ1) is 11.3. The second-order valence-electron chi connectivity index (χ2n) is 5.18. The minimum absolute atomic E-state index is 0.203. The largest absolute Gasteiger partial charge is 0.465 e. The molecule has 7 heteroatoms. The molecule has 0 saturated carbocycles. The summed E-state index contributed by atoms with van der Waals surface area (Å²) in [4.78, 5) is 11.6. The molecule has 1 aliphatic heterocycles. The highest BCUT2D eigenvalue weighted by Crippen LogP contribution is 2.21. The molecule has 23 heavy (non-hydrogen) atoms. The molecule has 3 rings (SSSR count). The first kappa shape index (κ1) is 15.6. The maximum atomic E-state index is 11.6. The van der Waals surface area contributed by atoms with Crippen molar-refractivity contribution in [1.82, 2.24) is 10.2 Å². The maximum absolute atomic E-state index is 11.6. The summed E-state index contributed by atoms with van der Waals surface area (Å²) < 4.78 is 21.4. The number of nitrogens with zero attached hydrogens (tertiary/aromatic N) is 2. The molecule has 0 spiro atoms. The van der Waals surface area contributed by atoms with Crippen LogP contribution in [0.2, 0.25) is 0 Å². The Morgan fingerprint density at radius 3 is 3.04 bits per heavy atom. The minimum Gasteiger partial charge on any atom is -0.465 e. The second-order valence-corrected chi connectivity index (χ2v) is 5.18. The van der Waals surface area contributed by atoms with Crippen molar-refractivity contribution in [2.75, 3.05) is 13.7 Å². The van der Waals surface area contributed by atoms with E-state index in [-0.39, 0.29) is 12.9 Å². The van der Waals surface area contributed by atoms with E-state index < -0.39 is 5.97 Å². The van der Waals surface area contributed by atoms with Crippen LogP contribution in [0.25, 0.3) is 11.5 Å². The number of aromatic nitrogens is 2. The highest BCUT2D eigenvalue weighted by atomic mass is 16.7. The summed E-state index contributed by atoms with van der Waals surface area (Å²) in [5, 5.41) is 7.95. The van der Waals surface area contributed by atoms with Crippen LogP contribution in [-0.2, 0) is 20.8 Å². The third-order valence-electron chi connectivity index (χ3n) is 3.53. The number of methoxy groups -OCH3 is 1. The first-order valence-corrected chi connectivity index (χ1v) is 7.50. The molecule has 0 aliphatic carbocycles. The number of hydrogen-bond donors (Lipinski definition) is 0. The summed E-state index contributed by atoms with van der Waals surface area (Å²) in [6.07, 6.45) is 2.84. The third kappa shape index (κ3) is 3.94. The van der Waals surface area contributed by atoms with E-state index in [1.54, 1.807) is 24.3 Å². The Kier molecular flexibility index (Phi) is 4.99. The summed E-state index contributed by atoms with van der Waals surface area (Å²) in [6.45, 7) is 0.925. The number of carbonyl (C=O) groups excluding carboxylic acids is 1. The molecule has 1 saturated heterocycles. The van der Waals surface area contributed by atoms with Crippen molar-refractivity contribution in [2.45, 2.75) is 32.2 Å². The number of ether oxygens (including phenoxy) is 3. The Morgan fingerprint density at radius 1 is 1.35 bits per heavy atom. The zero-order chi connectivity index (χ0) is 16.1. The van der Waals surface area contributed by atoms with Gasteiger partial charge in [0.1, 0.15) is 6.61 Å². The van der Waals surface area contributed by atoms with Crippen LogP contribution in [0.3, 0.4) is 0 Å². The molecule has 1 aromatic heterocycles. The van der Waals surface area contributed by atoms with Crippen LogP contribution >= 0.6 is 0 Å². The molecule has 0 bridgehead atoms. The van der Waals surface area contributed by atoms with Gasteiger partial charge in [-0.15, -0.1) is 10.2 Å². The Bertz CT molecular complexity index is 664. The van der Waals surface area contributed by atoms with Gasteiger partial charge in [-0.25, -0.2) is 4.79 Å². The van der Waals surface area contributed by atoms with Crippen LogP contribution in [0, 0.1) is 0 Å². The van der Waals surface area contributed by atoms with Crippen LogP contribution in [0.15, 0.2) is 28.7 Å². The maximum Gasteiger partial charge on any atom is 0.337 e. The average molecular weight is 318 g/mol. The van der Waals surface area contributed by atoms with Gasteiger partial charge in [0.05, 0.1) is 12.7 Å². The third-order valence-corrected chi connectivity index (χ3v) is 3.53. The molecule has 0 amide bonds. The molecule has 1 aromatic carbocycles. The Labute approximate surface area is 133 Å².